The van der Waals surface area contributed by atoms with Gasteiger partial charge in [0.1, 0.15) is 6.10 Å². The number of carbonyl (C=O) groups excluding carboxylic acids is 1. The molecule has 0 radical (unpaired) electrons. The van der Waals surface area contributed by atoms with Crippen LogP contribution in [-0.2, 0) is 6.54 Å². The van der Waals surface area contributed by atoms with Gasteiger partial charge in [-0.2, -0.15) is 5.10 Å². The van der Waals surface area contributed by atoms with Gasteiger partial charge in [-0.15, -0.1) is 0 Å². The van der Waals surface area contributed by atoms with Crippen molar-refractivity contribution in [3.8, 4) is 5.75 Å². The number of H-pyrrole nitrogens is 1. The van der Waals surface area contributed by atoms with Crippen molar-refractivity contribution in [1.82, 2.24) is 25.4 Å². The van der Waals surface area contributed by atoms with Gasteiger partial charge >= 0.3 is 6.03 Å². The first-order valence-corrected chi connectivity index (χ1v) is 9.59. The summed E-state index contributed by atoms with van der Waals surface area (Å²) in [4.78, 5) is 21.0. The minimum atomic E-state index is -0.0624. The fraction of sp³-hybridized carbons (Fsp3) is 0.526. The molecule has 0 aromatic carbocycles. The van der Waals surface area contributed by atoms with E-state index >= 15 is 0 Å². The van der Waals surface area contributed by atoms with Gasteiger partial charge in [-0.25, -0.2) is 9.78 Å². The Morgan fingerprint density at radius 3 is 3.00 bits per heavy atom. The molecule has 8 nitrogen and oxygen atoms in total. The first kappa shape index (κ1) is 17.6. The molecule has 2 aromatic rings. The molecule has 2 aliphatic heterocycles. The number of amides is 2. The third-order valence-electron chi connectivity index (χ3n) is 5.25. The first-order valence-electron chi connectivity index (χ1n) is 9.59. The summed E-state index contributed by atoms with van der Waals surface area (Å²) < 4.78 is 6.23. The van der Waals surface area contributed by atoms with Crippen molar-refractivity contribution >= 4 is 11.8 Å². The van der Waals surface area contributed by atoms with Crippen molar-refractivity contribution in [1.29, 1.82) is 0 Å². The number of carbonyl (C=O) groups is 1. The van der Waals surface area contributed by atoms with Crippen LogP contribution in [0.4, 0.5) is 10.6 Å². The van der Waals surface area contributed by atoms with Crippen molar-refractivity contribution in [2.45, 2.75) is 38.8 Å². The number of aromatic amines is 1. The van der Waals surface area contributed by atoms with E-state index in [1.165, 1.54) is 12.8 Å². The summed E-state index contributed by atoms with van der Waals surface area (Å²) in [5, 5.41) is 9.82. The molecule has 4 heterocycles. The zero-order valence-electron chi connectivity index (χ0n) is 15.6. The fourth-order valence-electron chi connectivity index (χ4n) is 3.67. The lowest BCUT2D eigenvalue weighted by molar-refractivity contribution is 0.186. The lowest BCUT2D eigenvalue weighted by Gasteiger charge is -2.22. The highest BCUT2D eigenvalue weighted by Gasteiger charge is 2.29. The van der Waals surface area contributed by atoms with Crippen LogP contribution in [0.5, 0.6) is 5.75 Å². The number of rotatable bonds is 5. The quantitative estimate of drug-likeness (QED) is 0.842. The first-order chi connectivity index (χ1) is 13.2. The zero-order chi connectivity index (χ0) is 18.6. The summed E-state index contributed by atoms with van der Waals surface area (Å²) in [6, 6.07) is 3.82. The molecule has 0 saturated carbocycles. The van der Waals surface area contributed by atoms with Gasteiger partial charge in [0.25, 0.3) is 0 Å². The summed E-state index contributed by atoms with van der Waals surface area (Å²) in [6.07, 6.45) is 6.78. The Morgan fingerprint density at radius 1 is 1.37 bits per heavy atom. The number of hydrogen-bond donors (Lipinski definition) is 2. The molecule has 2 aliphatic rings. The SMILES string of the molecule is Cc1[nH]ncc1CNC(=O)N1CC[C@H](Oc2cccnc2N2CCCC2)C1. The van der Waals surface area contributed by atoms with Crippen molar-refractivity contribution < 1.29 is 9.53 Å². The van der Waals surface area contributed by atoms with Crippen LogP contribution in [0, 0.1) is 6.92 Å². The van der Waals surface area contributed by atoms with E-state index < -0.39 is 0 Å². The van der Waals surface area contributed by atoms with Gasteiger partial charge in [0.15, 0.2) is 11.6 Å². The average molecular weight is 370 g/mol. The third kappa shape index (κ3) is 3.99. The lowest BCUT2D eigenvalue weighted by atomic mass is 10.3. The van der Waals surface area contributed by atoms with E-state index in [1.807, 2.05) is 30.2 Å². The molecule has 27 heavy (non-hydrogen) atoms. The minimum Gasteiger partial charge on any atom is -0.485 e. The molecule has 4 rings (SSSR count). The van der Waals surface area contributed by atoms with E-state index in [-0.39, 0.29) is 12.1 Å². The van der Waals surface area contributed by atoms with E-state index in [1.54, 1.807) is 6.20 Å². The number of pyridine rings is 1. The topological polar surface area (TPSA) is 86.4 Å². The minimum absolute atomic E-state index is 0.00281. The van der Waals surface area contributed by atoms with Crippen LogP contribution >= 0.6 is 0 Å². The van der Waals surface area contributed by atoms with Gasteiger partial charge in [0.2, 0.25) is 0 Å². The predicted molar refractivity (Wildman–Crippen MR) is 102 cm³/mol. The summed E-state index contributed by atoms with van der Waals surface area (Å²) in [5.74, 6) is 1.74. The lowest BCUT2D eigenvalue weighted by Crippen LogP contribution is -2.39. The number of nitrogens with one attached hydrogen (secondary N) is 2. The smallest absolute Gasteiger partial charge is 0.317 e. The van der Waals surface area contributed by atoms with Crippen molar-refractivity contribution in [3.63, 3.8) is 0 Å². The number of ether oxygens (including phenoxy) is 1. The molecule has 2 fully saturated rings. The molecule has 0 aliphatic carbocycles. The molecule has 8 heteroatoms. The molecule has 2 aromatic heterocycles. The van der Waals surface area contributed by atoms with Crippen LogP contribution in [0.1, 0.15) is 30.5 Å². The maximum Gasteiger partial charge on any atom is 0.317 e. The highest BCUT2D eigenvalue weighted by molar-refractivity contribution is 5.74. The summed E-state index contributed by atoms with van der Waals surface area (Å²) in [6.45, 7) is 5.76. The Kier molecular flexibility index (Phi) is 5.13. The largest absolute Gasteiger partial charge is 0.485 e. The van der Waals surface area contributed by atoms with E-state index in [0.717, 1.165) is 42.3 Å². The number of aromatic nitrogens is 3. The van der Waals surface area contributed by atoms with Crippen molar-refractivity contribution in [2.75, 3.05) is 31.1 Å². The molecule has 2 saturated heterocycles. The maximum atomic E-state index is 12.4. The van der Waals surface area contributed by atoms with Gasteiger partial charge in [0, 0.05) is 50.1 Å². The number of nitrogens with zero attached hydrogens (tertiary/aromatic N) is 4. The second-order valence-corrected chi connectivity index (χ2v) is 7.17. The van der Waals surface area contributed by atoms with Crippen LogP contribution in [0.3, 0.4) is 0 Å². The molecule has 2 N–H and O–H groups in total. The molecular weight excluding hydrogens is 344 g/mol. The number of likely N-dealkylation sites (tertiary alicyclic amines) is 1. The van der Waals surface area contributed by atoms with Crippen LogP contribution in [0.25, 0.3) is 0 Å². The Balaban J connectivity index is 1.32. The van der Waals surface area contributed by atoms with Crippen LogP contribution in [0.2, 0.25) is 0 Å². The average Bonchev–Trinajstić information content (AvgIpc) is 3.43. The van der Waals surface area contributed by atoms with Gasteiger partial charge in [-0.3, -0.25) is 5.10 Å². The predicted octanol–water partition coefficient (Wildman–Crippen LogP) is 2.08. The second-order valence-electron chi connectivity index (χ2n) is 7.17. The van der Waals surface area contributed by atoms with Crippen molar-refractivity contribution in [3.05, 3.63) is 35.8 Å². The van der Waals surface area contributed by atoms with E-state index in [4.69, 9.17) is 4.74 Å². The zero-order valence-corrected chi connectivity index (χ0v) is 15.6. The number of aryl methyl sites for hydroxylation is 1. The van der Waals surface area contributed by atoms with Gasteiger partial charge in [-0.05, 0) is 31.9 Å². The number of urea groups is 1. The maximum absolute atomic E-state index is 12.4. The Hall–Kier alpha value is -2.77. The van der Waals surface area contributed by atoms with Gasteiger partial charge in [0.05, 0.1) is 12.7 Å². The molecule has 1 atom stereocenters. The number of hydrogen-bond acceptors (Lipinski definition) is 5. The standard InChI is InChI=1S/C19H26N6O2/c1-14-15(12-22-23-14)11-21-19(26)25-10-6-16(13-25)27-17-5-4-7-20-18(17)24-8-2-3-9-24/h4-5,7,12,16H,2-3,6,8-11,13H2,1H3,(H,21,26)(H,22,23)/t16-/m0/s1. The van der Waals surface area contributed by atoms with E-state index in [0.29, 0.717) is 19.6 Å². The highest BCUT2D eigenvalue weighted by atomic mass is 16.5. The van der Waals surface area contributed by atoms with E-state index in [2.05, 4.69) is 25.4 Å². The number of anilines is 1. The summed E-state index contributed by atoms with van der Waals surface area (Å²) >= 11 is 0. The highest BCUT2D eigenvalue weighted by Crippen LogP contribution is 2.30. The summed E-state index contributed by atoms with van der Waals surface area (Å²) in [7, 11) is 0. The monoisotopic (exact) mass is 370 g/mol. The van der Waals surface area contributed by atoms with Crippen LogP contribution < -0.4 is 15.0 Å². The Bertz CT molecular complexity index is 786. The molecule has 0 spiro atoms. The van der Waals surface area contributed by atoms with Gasteiger partial charge < -0.3 is 19.9 Å². The summed E-state index contributed by atoms with van der Waals surface area (Å²) in [5.41, 5.74) is 1.98. The molecule has 0 unspecified atom stereocenters. The molecule has 144 valence electrons. The van der Waals surface area contributed by atoms with Crippen molar-refractivity contribution in [2.24, 2.45) is 0 Å². The van der Waals surface area contributed by atoms with Gasteiger partial charge in [-0.1, -0.05) is 0 Å². The molecule has 0 bridgehead atoms. The molecular formula is C19H26N6O2. The van der Waals surface area contributed by atoms with Crippen LogP contribution in [0.15, 0.2) is 24.5 Å². The van der Waals surface area contributed by atoms with Crippen LogP contribution in [-0.4, -0.2) is 58.4 Å². The fourth-order valence-corrected chi connectivity index (χ4v) is 3.67. The van der Waals surface area contributed by atoms with E-state index in [9.17, 15) is 4.79 Å². The molecule has 2 amide bonds. The second kappa shape index (κ2) is 7.85. The Labute approximate surface area is 158 Å². The normalized spacial score (nSPS) is 19.5. The third-order valence-corrected chi connectivity index (χ3v) is 5.25. The Morgan fingerprint density at radius 2 is 2.22 bits per heavy atom.